The maximum Gasteiger partial charge on any atom is 0.358 e. The molecule has 0 amide bonds. The van der Waals surface area contributed by atoms with Crippen LogP contribution in [0.4, 0.5) is 0 Å². The lowest BCUT2D eigenvalue weighted by Gasteiger charge is -2.07. The lowest BCUT2D eigenvalue weighted by Crippen LogP contribution is -2.23. The second kappa shape index (κ2) is 6.12. The molecule has 6 heteroatoms. The molecule has 0 aliphatic carbocycles. The highest BCUT2D eigenvalue weighted by molar-refractivity contribution is 5.86. The van der Waals surface area contributed by atoms with Crippen LogP contribution in [0.25, 0.3) is 5.69 Å². The van der Waals surface area contributed by atoms with Crippen molar-refractivity contribution in [3.8, 4) is 5.69 Å². The topological polar surface area (TPSA) is 70.4 Å². The summed E-state index contributed by atoms with van der Waals surface area (Å²) < 4.78 is 10.8. The molecule has 0 spiro atoms. The van der Waals surface area contributed by atoms with Gasteiger partial charge in [-0.05, 0) is 23.8 Å². The van der Waals surface area contributed by atoms with E-state index in [9.17, 15) is 9.59 Å². The molecule has 0 atom stereocenters. The van der Waals surface area contributed by atoms with Gasteiger partial charge >= 0.3 is 5.97 Å². The summed E-state index contributed by atoms with van der Waals surface area (Å²) in [4.78, 5) is 23.3. The SMILES string of the molecule is COCc1cccc(-n2nc(C(=O)OC)ccc2=O)c1. The number of carbonyl (C=O) groups excluding carboxylic acids is 1. The fourth-order valence-electron chi connectivity index (χ4n) is 1.75. The molecule has 1 heterocycles. The third kappa shape index (κ3) is 2.92. The highest BCUT2D eigenvalue weighted by atomic mass is 16.5. The monoisotopic (exact) mass is 274 g/mol. The molecule has 1 aromatic heterocycles. The fraction of sp³-hybridized carbons (Fsp3) is 0.214. The van der Waals surface area contributed by atoms with Crippen molar-refractivity contribution in [1.29, 1.82) is 0 Å². The number of aromatic nitrogens is 2. The Kier molecular flexibility index (Phi) is 4.27. The van der Waals surface area contributed by atoms with Gasteiger partial charge in [0.1, 0.15) is 0 Å². The Hall–Kier alpha value is -2.47. The van der Waals surface area contributed by atoms with Crippen LogP contribution in [0.3, 0.4) is 0 Å². The van der Waals surface area contributed by atoms with Crippen LogP contribution >= 0.6 is 0 Å². The van der Waals surface area contributed by atoms with Crippen LogP contribution < -0.4 is 5.56 Å². The smallest absolute Gasteiger partial charge is 0.358 e. The molecule has 0 aliphatic heterocycles. The summed E-state index contributed by atoms with van der Waals surface area (Å²) in [6, 6.07) is 9.80. The van der Waals surface area contributed by atoms with Crippen molar-refractivity contribution >= 4 is 5.97 Å². The largest absolute Gasteiger partial charge is 0.464 e. The third-order valence-electron chi connectivity index (χ3n) is 2.66. The first-order valence-electron chi connectivity index (χ1n) is 5.92. The van der Waals surface area contributed by atoms with E-state index in [4.69, 9.17) is 4.74 Å². The second-order valence-corrected chi connectivity index (χ2v) is 4.06. The zero-order valence-electron chi connectivity index (χ0n) is 11.2. The van der Waals surface area contributed by atoms with Gasteiger partial charge in [0.2, 0.25) is 0 Å². The lowest BCUT2D eigenvalue weighted by molar-refractivity contribution is 0.0591. The minimum Gasteiger partial charge on any atom is -0.464 e. The van der Waals surface area contributed by atoms with Crippen LogP contribution in [0.5, 0.6) is 0 Å². The van der Waals surface area contributed by atoms with Gasteiger partial charge in [0.15, 0.2) is 5.69 Å². The predicted octanol–water partition coefficient (Wildman–Crippen LogP) is 1.17. The van der Waals surface area contributed by atoms with Gasteiger partial charge in [0, 0.05) is 13.2 Å². The second-order valence-electron chi connectivity index (χ2n) is 4.06. The van der Waals surface area contributed by atoms with E-state index in [-0.39, 0.29) is 11.3 Å². The van der Waals surface area contributed by atoms with Crippen LogP contribution in [0.2, 0.25) is 0 Å². The normalized spacial score (nSPS) is 10.3. The molecule has 0 radical (unpaired) electrons. The van der Waals surface area contributed by atoms with Crippen LogP contribution in [0.1, 0.15) is 16.1 Å². The quantitative estimate of drug-likeness (QED) is 0.783. The van der Waals surface area contributed by atoms with Crippen molar-refractivity contribution in [3.05, 3.63) is 58.0 Å². The van der Waals surface area contributed by atoms with E-state index in [0.29, 0.717) is 12.3 Å². The van der Waals surface area contributed by atoms with Gasteiger partial charge in [-0.1, -0.05) is 12.1 Å². The van der Waals surface area contributed by atoms with Crippen molar-refractivity contribution in [2.75, 3.05) is 14.2 Å². The van der Waals surface area contributed by atoms with E-state index in [0.717, 1.165) is 10.2 Å². The van der Waals surface area contributed by atoms with Crippen molar-refractivity contribution in [2.24, 2.45) is 0 Å². The summed E-state index contributed by atoms with van der Waals surface area (Å²) in [7, 11) is 2.85. The summed E-state index contributed by atoms with van der Waals surface area (Å²) >= 11 is 0. The molecule has 6 nitrogen and oxygen atoms in total. The van der Waals surface area contributed by atoms with Crippen LogP contribution in [-0.4, -0.2) is 30.0 Å². The summed E-state index contributed by atoms with van der Waals surface area (Å²) in [6.45, 7) is 0.430. The summed E-state index contributed by atoms with van der Waals surface area (Å²) in [5.41, 5.74) is 1.22. The van der Waals surface area contributed by atoms with Gasteiger partial charge in [-0.15, -0.1) is 0 Å². The Morgan fingerprint density at radius 3 is 2.75 bits per heavy atom. The molecular formula is C14H14N2O4. The summed E-state index contributed by atoms with van der Waals surface area (Å²) in [5, 5.41) is 4.00. The lowest BCUT2D eigenvalue weighted by atomic mass is 10.2. The highest BCUT2D eigenvalue weighted by Crippen LogP contribution is 2.09. The summed E-state index contributed by atoms with van der Waals surface area (Å²) in [5.74, 6) is -0.591. The van der Waals surface area contributed by atoms with Gasteiger partial charge in [0.25, 0.3) is 5.56 Å². The maximum atomic E-state index is 11.9. The molecule has 0 fully saturated rings. The predicted molar refractivity (Wildman–Crippen MR) is 71.9 cm³/mol. The van der Waals surface area contributed by atoms with Crippen LogP contribution in [0.15, 0.2) is 41.2 Å². The molecule has 2 rings (SSSR count). The van der Waals surface area contributed by atoms with Gasteiger partial charge < -0.3 is 9.47 Å². The standard InChI is InChI=1S/C14H14N2O4/c1-19-9-10-4-3-5-11(8-10)16-13(17)7-6-12(15-16)14(18)20-2/h3-8H,9H2,1-2H3. The minimum atomic E-state index is -0.591. The van der Waals surface area contributed by atoms with E-state index in [1.54, 1.807) is 25.3 Å². The van der Waals surface area contributed by atoms with Crippen molar-refractivity contribution in [1.82, 2.24) is 9.78 Å². The number of hydrogen-bond donors (Lipinski definition) is 0. The van der Waals surface area contributed by atoms with Gasteiger partial charge in [-0.25, -0.2) is 4.79 Å². The first-order valence-corrected chi connectivity index (χ1v) is 5.92. The molecular weight excluding hydrogens is 260 g/mol. The number of rotatable bonds is 4. The van der Waals surface area contributed by atoms with Gasteiger partial charge in [0.05, 0.1) is 19.4 Å². The zero-order chi connectivity index (χ0) is 14.5. The fourth-order valence-corrected chi connectivity index (χ4v) is 1.75. The molecule has 2 aromatic rings. The third-order valence-corrected chi connectivity index (χ3v) is 2.66. The molecule has 1 aromatic carbocycles. The molecule has 20 heavy (non-hydrogen) atoms. The average molecular weight is 274 g/mol. The first-order chi connectivity index (χ1) is 9.65. The highest BCUT2D eigenvalue weighted by Gasteiger charge is 2.10. The number of esters is 1. The number of methoxy groups -OCH3 is 2. The Bertz CT molecular complexity index is 679. The van der Waals surface area contributed by atoms with Gasteiger partial charge in [-0.3, -0.25) is 4.79 Å². The van der Waals surface area contributed by atoms with E-state index in [1.165, 1.54) is 19.2 Å². The van der Waals surface area contributed by atoms with Crippen molar-refractivity contribution in [2.45, 2.75) is 6.61 Å². The van der Waals surface area contributed by atoms with Crippen molar-refractivity contribution < 1.29 is 14.3 Å². The van der Waals surface area contributed by atoms with Crippen molar-refractivity contribution in [3.63, 3.8) is 0 Å². The Morgan fingerprint density at radius 1 is 1.25 bits per heavy atom. The molecule has 0 unspecified atom stereocenters. The average Bonchev–Trinajstić information content (AvgIpc) is 2.47. The molecule has 0 N–H and O–H groups in total. The van der Waals surface area contributed by atoms with Gasteiger partial charge in [-0.2, -0.15) is 9.78 Å². The number of hydrogen-bond acceptors (Lipinski definition) is 5. The zero-order valence-corrected chi connectivity index (χ0v) is 11.2. The maximum absolute atomic E-state index is 11.9. The molecule has 0 aliphatic rings. The van der Waals surface area contributed by atoms with E-state index in [1.807, 2.05) is 6.07 Å². The van der Waals surface area contributed by atoms with Crippen LogP contribution in [0, 0.1) is 0 Å². The number of nitrogens with zero attached hydrogens (tertiary/aromatic N) is 2. The van der Waals surface area contributed by atoms with E-state index >= 15 is 0 Å². The Labute approximate surface area is 115 Å². The van der Waals surface area contributed by atoms with E-state index < -0.39 is 5.97 Å². The molecule has 104 valence electrons. The molecule has 0 saturated carbocycles. The Morgan fingerprint density at radius 2 is 2.05 bits per heavy atom. The minimum absolute atomic E-state index is 0.0734. The molecule has 0 saturated heterocycles. The summed E-state index contributed by atoms with van der Waals surface area (Å²) in [6.07, 6.45) is 0. The molecule has 0 bridgehead atoms. The number of ether oxygens (including phenoxy) is 2. The van der Waals surface area contributed by atoms with Crippen LogP contribution in [-0.2, 0) is 16.1 Å². The number of benzene rings is 1. The van der Waals surface area contributed by atoms with E-state index in [2.05, 4.69) is 9.84 Å². The Balaban J connectivity index is 2.48. The number of carbonyl (C=O) groups is 1. The first kappa shape index (κ1) is 14.0.